The Morgan fingerprint density at radius 1 is 1.33 bits per heavy atom. The van der Waals surface area contributed by atoms with Gasteiger partial charge in [-0.25, -0.2) is 4.79 Å². The fourth-order valence-electron chi connectivity index (χ4n) is 1.71. The lowest BCUT2D eigenvalue weighted by atomic mass is 10.1. The Hall–Kier alpha value is -1.51. The number of hydrogen-bond acceptors (Lipinski definition) is 3. The van der Waals surface area contributed by atoms with E-state index in [-0.39, 0.29) is 5.97 Å². The number of esters is 1. The predicted molar refractivity (Wildman–Crippen MR) is 75.0 cm³/mol. The molecule has 0 spiro atoms. The summed E-state index contributed by atoms with van der Waals surface area (Å²) < 4.78 is 5.30. The normalized spacial score (nSPS) is 11.9. The van der Waals surface area contributed by atoms with Crippen molar-refractivity contribution >= 4 is 11.7 Å². The molecule has 0 bridgehead atoms. The molecule has 18 heavy (non-hydrogen) atoms. The van der Waals surface area contributed by atoms with Crippen LogP contribution in [0.2, 0.25) is 0 Å². The van der Waals surface area contributed by atoms with Crippen LogP contribution in [-0.2, 0) is 4.74 Å². The van der Waals surface area contributed by atoms with Gasteiger partial charge in [0.25, 0.3) is 0 Å². The van der Waals surface area contributed by atoms with Crippen molar-refractivity contribution in [3.8, 4) is 0 Å². The van der Waals surface area contributed by atoms with Crippen LogP contribution in [0, 0.1) is 5.92 Å². The second-order valence-electron chi connectivity index (χ2n) is 4.67. The Bertz CT molecular complexity index is 359. The quantitative estimate of drug-likeness (QED) is 0.749. The Labute approximate surface area is 110 Å². The SMILES string of the molecule is CCCCC(C)COC(=O)c1ccc(NC)cc1. The monoisotopic (exact) mass is 249 g/mol. The van der Waals surface area contributed by atoms with Crippen molar-refractivity contribution in [1.29, 1.82) is 0 Å². The molecule has 1 rings (SSSR count). The van der Waals surface area contributed by atoms with Crippen LogP contribution in [0.1, 0.15) is 43.5 Å². The summed E-state index contributed by atoms with van der Waals surface area (Å²) in [5, 5.41) is 3.01. The van der Waals surface area contributed by atoms with Gasteiger partial charge >= 0.3 is 5.97 Å². The Morgan fingerprint density at radius 2 is 2.00 bits per heavy atom. The highest BCUT2D eigenvalue weighted by Crippen LogP contribution is 2.12. The first-order chi connectivity index (χ1) is 8.67. The minimum atomic E-state index is -0.235. The van der Waals surface area contributed by atoms with Crippen molar-refractivity contribution in [3.05, 3.63) is 29.8 Å². The number of carbonyl (C=O) groups excluding carboxylic acids is 1. The highest BCUT2D eigenvalue weighted by molar-refractivity contribution is 5.89. The first kappa shape index (κ1) is 14.6. The number of ether oxygens (including phenoxy) is 1. The summed E-state index contributed by atoms with van der Waals surface area (Å²) in [5.74, 6) is 0.200. The molecule has 1 aromatic rings. The minimum Gasteiger partial charge on any atom is -0.462 e. The molecule has 1 N–H and O–H groups in total. The maximum Gasteiger partial charge on any atom is 0.338 e. The molecule has 1 aromatic carbocycles. The highest BCUT2D eigenvalue weighted by atomic mass is 16.5. The Morgan fingerprint density at radius 3 is 2.56 bits per heavy atom. The van der Waals surface area contributed by atoms with Gasteiger partial charge < -0.3 is 10.1 Å². The Kier molecular flexibility index (Phi) is 6.26. The lowest BCUT2D eigenvalue weighted by molar-refractivity contribution is 0.0443. The third kappa shape index (κ3) is 4.78. The summed E-state index contributed by atoms with van der Waals surface area (Å²) in [6.07, 6.45) is 3.49. The van der Waals surface area contributed by atoms with Crippen LogP contribution in [0.4, 0.5) is 5.69 Å². The van der Waals surface area contributed by atoms with Gasteiger partial charge in [0, 0.05) is 12.7 Å². The molecule has 0 saturated heterocycles. The fraction of sp³-hybridized carbons (Fsp3) is 0.533. The molecule has 100 valence electrons. The molecule has 0 heterocycles. The van der Waals surface area contributed by atoms with Crippen molar-refractivity contribution in [2.24, 2.45) is 5.92 Å². The van der Waals surface area contributed by atoms with Gasteiger partial charge in [0.05, 0.1) is 12.2 Å². The molecular weight excluding hydrogens is 226 g/mol. The van der Waals surface area contributed by atoms with E-state index in [4.69, 9.17) is 4.74 Å². The first-order valence-electron chi connectivity index (χ1n) is 6.62. The van der Waals surface area contributed by atoms with E-state index in [1.807, 2.05) is 19.2 Å². The first-order valence-corrected chi connectivity index (χ1v) is 6.62. The molecule has 1 atom stereocenters. The van der Waals surface area contributed by atoms with Crippen molar-refractivity contribution in [2.45, 2.75) is 33.1 Å². The third-order valence-corrected chi connectivity index (χ3v) is 2.96. The molecule has 0 aliphatic heterocycles. The van der Waals surface area contributed by atoms with E-state index in [2.05, 4.69) is 19.2 Å². The summed E-state index contributed by atoms with van der Waals surface area (Å²) in [4.78, 5) is 11.8. The molecule has 1 unspecified atom stereocenters. The minimum absolute atomic E-state index is 0.235. The van der Waals surface area contributed by atoms with Crippen LogP contribution in [0.25, 0.3) is 0 Å². The molecule has 0 aliphatic carbocycles. The number of benzene rings is 1. The molecule has 3 nitrogen and oxygen atoms in total. The molecule has 0 aromatic heterocycles. The summed E-state index contributed by atoms with van der Waals surface area (Å²) in [6.45, 7) is 4.79. The molecule has 0 radical (unpaired) electrons. The maximum atomic E-state index is 11.8. The van der Waals surface area contributed by atoms with Gasteiger partial charge in [0.15, 0.2) is 0 Å². The van der Waals surface area contributed by atoms with Crippen LogP contribution in [0.5, 0.6) is 0 Å². The molecular formula is C15H23NO2. The van der Waals surface area contributed by atoms with Gasteiger partial charge in [0.2, 0.25) is 0 Å². The average Bonchev–Trinajstić information content (AvgIpc) is 2.42. The number of nitrogens with one attached hydrogen (secondary N) is 1. The van der Waals surface area contributed by atoms with E-state index in [0.717, 1.165) is 12.1 Å². The van der Waals surface area contributed by atoms with E-state index in [1.54, 1.807) is 12.1 Å². The molecule has 0 aliphatic rings. The topological polar surface area (TPSA) is 38.3 Å². The average molecular weight is 249 g/mol. The van der Waals surface area contributed by atoms with Crippen LogP contribution < -0.4 is 5.32 Å². The maximum absolute atomic E-state index is 11.8. The zero-order valence-electron chi connectivity index (χ0n) is 11.5. The van der Waals surface area contributed by atoms with Gasteiger partial charge in [-0.1, -0.05) is 26.7 Å². The smallest absolute Gasteiger partial charge is 0.338 e. The number of carbonyl (C=O) groups is 1. The standard InChI is InChI=1S/C15H23NO2/c1-4-5-6-12(2)11-18-15(17)13-7-9-14(16-3)10-8-13/h7-10,12,16H,4-6,11H2,1-3H3. The lowest BCUT2D eigenvalue weighted by Crippen LogP contribution is -2.12. The summed E-state index contributed by atoms with van der Waals surface area (Å²) in [6, 6.07) is 7.31. The second-order valence-corrected chi connectivity index (χ2v) is 4.67. The summed E-state index contributed by atoms with van der Waals surface area (Å²) >= 11 is 0. The number of anilines is 1. The van der Waals surface area contributed by atoms with E-state index in [9.17, 15) is 4.79 Å². The lowest BCUT2D eigenvalue weighted by Gasteiger charge is -2.11. The van der Waals surface area contributed by atoms with Crippen LogP contribution in [0.3, 0.4) is 0 Å². The van der Waals surface area contributed by atoms with E-state index >= 15 is 0 Å². The number of hydrogen-bond donors (Lipinski definition) is 1. The van der Waals surface area contributed by atoms with Crippen LogP contribution in [-0.4, -0.2) is 19.6 Å². The largest absolute Gasteiger partial charge is 0.462 e. The van der Waals surface area contributed by atoms with Crippen molar-refractivity contribution in [1.82, 2.24) is 0 Å². The van der Waals surface area contributed by atoms with Gasteiger partial charge in [-0.05, 0) is 36.6 Å². The molecule has 0 saturated carbocycles. The number of rotatable bonds is 7. The fourth-order valence-corrected chi connectivity index (χ4v) is 1.71. The van der Waals surface area contributed by atoms with Crippen molar-refractivity contribution in [2.75, 3.05) is 19.0 Å². The molecule has 0 fully saturated rings. The van der Waals surface area contributed by atoms with Gasteiger partial charge in [-0.3, -0.25) is 0 Å². The Balaban J connectivity index is 2.39. The third-order valence-electron chi connectivity index (χ3n) is 2.96. The van der Waals surface area contributed by atoms with Gasteiger partial charge in [-0.2, -0.15) is 0 Å². The van der Waals surface area contributed by atoms with Crippen LogP contribution >= 0.6 is 0 Å². The van der Waals surface area contributed by atoms with E-state index in [0.29, 0.717) is 18.1 Å². The summed E-state index contributed by atoms with van der Waals surface area (Å²) in [7, 11) is 1.85. The summed E-state index contributed by atoms with van der Waals surface area (Å²) in [5.41, 5.74) is 1.60. The predicted octanol–water partition coefficient (Wildman–Crippen LogP) is 3.71. The molecule has 3 heteroatoms. The van der Waals surface area contributed by atoms with E-state index < -0.39 is 0 Å². The van der Waals surface area contributed by atoms with Crippen LogP contribution in [0.15, 0.2) is 24.3 Å². The number of unbranched alkanes of at least 4 members (excludes halogenated alkanes) is 1. The second kappa shape index (κ2) is 7.75. The molecule has 0 amide bonds. The van der Waals surface area contributed by atoms with E-state index in [1.165, 1.54) is 12.8 Å². The van der Waals surface area contributed by atoms with Gasteiger partial charge in [0.1, 0.15) is 0 Å². The zero-order valence-corrected chi connectivity index (χ0v) is 11.5. The van der Waals surface area contributed by atoms with Gasteiger partial charge in [-0.15, -0.1) is 0 Å². The van der Waals surface area contributed by atoms with Crippen molar-refractivity contribution < 1.29 is 9.53 Å². The highest BCUT2D eigenvalue weighted by Gasteiger charge is 2.09. The van der Waals surface area contributed by atoms with Crippen molar-refractivity contribution in [3.63, 3.8) is 0 Å². The zero-order chi connectivity index (χ0) is 13.4.